The number of hydrogen-bond donors (Lipinski definition) is 2. The molecular formula is C21H31NO2. The summed E-state index contributed by atoms with van der Waals surface area (Å²) < 4.78 is 0. The number of fused-ring (bicyclic) bond motifs is 5. The topological polar surface area (TPSA) is 52.8 Å². The van der Waals surface area contributed by atoms with Crippen molar-refractivity contribution in [3.05, 3.63) is 0 Å². The smallest absolute Gasteiger partial charge is 0.0644 e. The van der Waals surface area contributed by atoms with Crippen molar-refractivity contribution in [1.29, 1.82) is 0 Å². The first-order valence-electron chi connectivity index (χ1n) is 9.88. The Morgan fingerprint density at radius 3 is 2.75 bits per heavy atom. The van der Waals surface area contributed by atoms with Gasteiger partial charge in [0.1, 0.15) is 0 Å². The molecule has 4 fully saturated rings. The largest absolute Gasteiger partial charge is 0.411 e. The Bertz CT molecular complexity index is 579. The Labute approximate surface area is 145 Å². The number of aliphatic hydroxyl groups excluding tert-OH is 1. The molecule has 0 amide bonds. The maximum Gasteiger partial charge on any atom is 0.0644 e. The first kappa shape index (κ1) is 16.5. The van der Waals surface area contributed by atoms with Crippen molar-refractivity contribution in [3.63, 3.8) is 0 Å². The Hall–Kier alpha value is -1.01. The highest BCUT2D eigenvalue weighted by molar-refractivity contribution is 5.92. The van der Waals surface area contributed by atoms with E-state index in [9.17, 15) is 10.3 Å². The highest BCUT2D eigenvalue weighted by Crippen LogP contribution is 2.66. The highest BCUT2D eigenvalue weighted by Gasteiger charge is 2.60. The zero-order chi connectivity index (χ0) is 16.9. The van der Waals surface area contributed by atoms with Crippen molar-refractivity contribution < 1.29 is 10.3 Å². The van der Waals surface area contributed by atoms with E-state index in [0.29, 0.717) is 17.3 Å². The van der Waals surface area contributed by atoms with Crippen molar-refractivity contribution in [2.45, 2.75) is 77.2 Å². The summed E-state index contributed by atoms with van der Waals surface area (Å²) in [6.07, 6.45) is 16.4. The fourth-order valence-corrected chi connectivity index (χ4v) is 7.49. The molecule has 3 heteroatoms. The van der Waals surface area contributed by atoms with Gasteiger partial charge < -0.3 is 10.3 Å². The minimum absolute atomic E-state index is 0.0257. The number of oxime groups is 1. The molecule has 4 aliphatic rings. The van der Waals surface area contributed by atoms with Gasteiger partial charge in [-0.2, -0.15) is 0 Å². The molecule has 7 atom stereocenters. The number of rotatable bonds is 1. The summed E-state index contributed by atoms with van der Waals surface area (Å²) in [6.45, 7) is 2.50. The molecule has 4 aliphatic carbocycles. The molecule has 0 bridgehead atoms. The normalized spacial score (nSPS) is 52.2. The minimum Gasteiger partial charge on any atom is -0.411 e. The van der Waals surface area contributed by atoms with Crippen molar-refractivity contribution in [2.24, 2.45) is 39.7 Å². The quantitative estimate of drug-likeness (QED) is 0.430. The summed E-state index contributed by atoms with van der Waals surface area (Å²) in [5.41, 5.74) is 1.35. The molecule has 24 heavy (non-hydrogen) atoms. The molecule has 4 rings (SSSR count). The van der Waals surface area contributed by atoms with Crippen LogP contribution in [0.2, 0.25) is 0 Å². The molecule has 0 radical (unpaired) electrons. The van der Waals surface area contributed by atoms with Gasteiger partial charge in [-0.3, -0.25) is 0 Å². The number of hydrogen-bond acceptors (Lipinski definition) is 3. The van der Waals surface area contributed by atoms with Gasteiger partial charge in [0.2, 0.25) is 0 Å². The predicted octanol–water partition coefficient (Wildman–Crippen LogP) is 4.22. The zero-order valence-electron chi connectivity index (χ0n) is 14.9. The second-order valence-electron chi connectivity index (χ2n) is 9.25. The van der Waals surface area contributed by atoms with Gasteiger partial charge in [-0.05, 0) is 86.9 Å². The average Bonchev–Trinajstić information content (AvgIpc) is 2.94. The van der Waals surface area contributed by atoms with Crippen LogP contribution in [0.4, 0.5) is 0 Å². The first-order chi connectivity index (χ1) is 11.5. The van der Waals surface area contributed by atoms with E-state index in [2.05, 4.69) is 18.0 Å². The van der Waals surface area contributed by atoms with Gasteiger partial charge in [-0.15, -0.1) is 12.3 Å². The molecular weight excluding hydrogens is 298 g/mol. The van der Waals surface area contributed by atoms with Crippen LogP contribution >= 0.6 is 0 Å². The lowest BCUT2D eigenvalue weighted by Gasteiger charge is -2.60. The van der Waals surface area contributed by atoms with Gasteiger partial charge >= 0.3 is 0 Å². The summed E-state index contributed by atoms with van der Waals surface area (Å²) in [4.78, 5) is 0. The number of terminal acetylenes is 1. The van der Waals surface area contributed by atoms with Crippen LogP contribution in [0.15, 0.2) is 5.16 Å². The third kappa shape index (κ3) is 2.11. The number of aliphatic hydroxyl groups is 1. The molecule has 2 N–H and O–H groups in total. The molecule has 4 saturated carbocycles. The van der Waals surface area contributed by atoms with E-state index in [4.69, 9.17) is 6.42 Å². The predicted molar refractivity (Wildman–Crippen MR) is 94.7 cm³/mol. The lowest BCUT2D eigenvalue weighted by atomic mass is 9.44. The van der Waals surface area contributed by atoms with Crippen molar-refractivity contribution in [3.8, 4) is 12.3 Å². The third-order valence-corrected chi connectivity index (χ3v) is 8.65. The molecule has 132 valence electrons. The van der Waals surface area contributed by atoms with E-state index in [1.807, 2.05) is 0 Å². The SMILES string of the molecule is C#CC[C@]12CC[C@H]3[C@@H](CCC4C[C@@H](O)CC[C@@]43C)[C@@H]1CCC2=NO. The van der Waals surface area contributed by atoms with Crippen LogP contribution in [-0.2, 0) is 0 Å². The van der Waals surface area contributed by atoms with Crippen LogP contribution < -0.4 is 0 Å². The van der Waals surface area contributed by atoms with Crippen molar-refractivity contribution >= 4 is 5.71 Å². The third-order valence-electron chi connectivity index (χ3n) is 8.65. The van der Waals surface area contributed by atoms with Crippen molar-refractivity contribution in [2.75, 3.05) is 0 Å². The summed E-state index contributed by atoms with van der Waals surface area (Å²) in [5, 5.41) is 23.4. The van der Waals surface area contributed by atoms with Crippen LogP contribution in [0, 0.1) is 46.8 Å². The average molecular weight is 329 g/mol. The standard InChI is InChI=1S/C21H31NO2/c1-3-10-21-12-9-17-16(18(21)6-7-19(21)22-24)5-4-14-13-15(23)8-11-20(14,17)2/h1,14-18,23-24H,4-13H2,2H3/t14?,15-,16+,17-,18-,20-,21-/m0/s1. The van der Waals surface area contributed by atoms with Crippen LogP contribution in [0.1, 0.15) is 71.1 Å². The monoisotopic (exact) mass is 329 g/mol. The fourth-order valence-electron chi connectivity index (χ4n) is 7.49. The molecule has 0 spiro atoms. The van der Waals surface area contributed by atoms with E-state index >= 15 is 0 Å². The van der Waals surface area contributed by atoms with E-state index < -0.39 is 0 Å². The van der Waals surface area contributed by atoms with E-state index in [1.165, 1.54) is 25.7 Å². The highest BCUT2D eigenvalue weighted by atomic mass is 16.4. The molecule has 0 heterocycles. The van der Waals surface area contributed by atoms with Crippen LogP contribution in [0.25, 0.3) is 0 Å². The Morgan fingerprint density at radius 2 is 2.00 bits per heavy atom. The molecule has 3 nitrogen and oxygen atoms in total. The van der Waals surface area contributed by atoms with E-state index in [1.54, 1.807) is 0 Å². The Kier molecular flexibility index (Phi) is 3.95. The van der Waals surface area contributed by atoms with Crippen molar-refractivity contribution in [1.82, 2.24) is 0 Å². The second-order valence-corrected chi connectivity index (χ2v) is 9.25. The lowest BCUT2D eigenvalue weighted by molar-refractivity contribution is -0.115. The van der Waals surface area contributed by atoms with Crippen LogP contribution in [0.3, 0.4) is 0 Å². The van der Waals surface area contributed by atoms with Gasteiger partial charge in [0.05, 0.1) is 11.8 Å². The van der Waals surface area contributed by atoms with Gasteiger partial charge in [0, 0.05) is 11.8 Å². The molecule has 0 saturated heterocycles. The summed E-state index contributed by atoms with van der Waals surface area (Å²) in [7, 11) is 0. The van der Waals surface area contributed by atoms with Crippen LogP contribution in [-0.4, -0.2) is 22.1 Å². The van der Waals surface area contributed by atoms with Gasteiger partial charge in [-0.1, -0.05) is 12.1 Å². The number of nitrogens with zero attached hydrogens (tertiary/aromatic N) is 1. The zero-order valence-corrected chi connectivity index (χ0v) is 14.9. The lowest BCUT2D eigenvalue weighted by Crippen LogP contribution is -2.54. The maximum absolute atomic E-state index is 10.1. The fraction of sp³-hybridized carbons (Fsp3) is 0.857. The molecule has 0 aromatic heterocycles. The Balaban J connectivity index is 1.66. The van der Waals surface area contributed by atoms with Gasteiger partial charge in [0.15, 0.2) is 0 Å². The molecule has 1 unspecified atom stereocenters. The van der Waals surface area contributed by atoms with E-state index in [-0.39, 0.29) is 11.5 Å². The summed E-state index contributed by atoms with van der Waals surface area (Å²) in [6, 6.07) is 0. The van der Waals surface area contributed by atoms with Gasteiger partial charge in [0.25, 0.3) is 0 Å². The molecule has 0 aliphatic heterocycles. The Morgan fingerprint density at radius 1 is 1.17 bits per heavy atom. The molecule has 0 aromatic carbocycles. The minimum atomic E-state index is -0.0802. The maximum atomic E-state index is 10.1. The van der Waals surface area contributed by atoms with Gasteiger partial charge in [-0.25, -0.2) is 0 Å². The van der Waals surface area contributed by atoms with E-state index in [0.717, 1.165) is 56.1 Å². The van der Waals surface area contributed by atoms with Crippen LogP contribution in [0.5, 0.6) is 0 Å². The summed E-state index contributed by atoms with van der Waals surface area (Å²) >= 11 is 0. The summed E-state index contributed by atoms with van der Waals surface area (Å²) in [5.74, 6) is 5.68. The first-order valence-corrected chi connectivity index (χ1v) is 9.88. The second kappa shape index (κ2) is 5.77. The molecule has 0 aromatic rings.